The fraction of sp³-hybridized carbons (Fsp3) is 0.929. The number of carbonyl (C=O) groups excluding carboxylic acids is 1. The van der Waals surface area contributed by atoms with Crippen LogP contribution in [0.25, 0.3) is 0 Å². The van der Waals surface area contributed by atoms with Gasteiger partial charge in [-0.1, -0.05) is 33.6 Å². The van der Waals surface area contributed by atoms with E-state index < -0.39 is 0 Å². The van der Waals surface area contributed by atoms with Crippen LogP contribution in [-0.4, -0.2) is 35.1 Å². The summed E-state index contributed by atoms with van der Waals surface area (Å²) in [5.74, 6) is 1.18. The molecule has 0 aromatic rings. The summed E-state index contributed by atoms with van der Waals surface area (Å²) >= 11 is 0. The SMILES string of the molecule is CCC1CCC(=O)N(CC(O)C(C)CC)CC1. The molecule has 0 aliphatic carbocycles. The maximum atomic E-state index is 11.9. The quantitative estimate of drug-likeness (QED) is 0.803. The van der Waals surface area contributed by atoms with Gasteiger partial charge >= 0.3 is 0 Å². The van der Waals surface area contributed by atoms with Gasteiger partial charge in [0.05, 0.1) is 6.10 Å². The lowest BCUT2D eigenvalue weighted by Crippen LogP contribution is -2.39. The van der Waals surface area contributed by atoms with E-state index in [4.69, 9.17) is 0 Å². The molecule has 1 N–H and O–H groups in total. The molecule has 0 saturated carbocycles. The fourth-order valence-electron chi connectivity index (χ4n) is 2.37. The molecule has 3 nitrogen and oxygen atoms in total. The van der Waals surface area contributed by atoms with Crippen LogP contribution >= 0.6 is 0 Å². The number of carbonyl (C=O) groups is 1. The molecule has 0 spiro atoms. The predicted octanol–water partition coefficient (Wildman–Crippen LogP) is 2.43. The number of amides is 1. The summed E-state index contributed by atoms with van der Waals surface area (Å²) in [7, 11) is 0. The van der Waals surface area contributed by atoms with Crippen LogP contribution in [0.5, 0.6) is 0 Å². The number of β-amino-alcohol motifs (C(OH)–C–C–N with tert-alkyl or cyclic N) is 1. The van der Waals surface area contributed by atoms with Gasteiger partial charge in [0.25, 0.3) is 0 Å². The highest BCUT2D eigenvalue weighted by Crippen LogP contribution is 2.21. The first-order valence-corrected chi connectivity index (χ1v) is 7.04. The highest BCUT2D eigenvalue weighted by molar-refractivity contribution is 5.76. The second-order valence-corrected chi connectivity index (χ2v) is 5.39. The number of aliphatic hydroxyl groups is 1. The van der Waals surface area contributed by atoms with Crippen molar-refractivity contribution in [3.63, 3.8) is 0 Å². The zero-order valence-electron chi connectivity index (χ0n) is 11.5. The zero-order valence-corrected chi connectivity index (χ0v) is 11.5. The summed E-state index contributed by atoms with van der Waals surface area (Å²) < 4.78 is 0. The molecular formula is C14H27NO2. The van der Waals surface area contributed by atoms with Crippen molar-refractivity contribution in [2.75, 3.05) is 13.1 Å². The predicted molar refractivity (Wildman–Crippen MR) is 69.7 cm³/mol. The van der Waals surface area contributed by atoms with Gasteiger partial charge < -0.3 is 10.0 Å². The minimum atomic E-state index is -0.373. The highest BCUT2D eigenvalue weighted by Gasteiger charge is 2.24. The molecule has 1 amide bonds. The Kier molecular flexibility index (Phi) is 5.96. The van der Waals surface area contributed by atoms with Crippen LogP contribution in [-0.2, 0) is 4.79 Å². The molecule has 0 aromatic heterocycles. The molecule has 1 aliphatic rings. The van der Waals surface area contributed by atoms with Crippen molar-refractivity contribution in [3.8, 4) is 0 Å². The van der Waals surface area contributed by atoms with Crippen LogP contribution < -0.4 is 0 Å². The van der Waals surface area contributed by atoms with Crippen molar-refractivity contribution in [1.29, 1.82) is 0 Å². The molecule has 0 aromatic carbocycles. The van der Waals surface area contributed by atoms with Gasteiger partial charge in [-0.25, -0.2) is 0 Å². The van der Waals surface area contributed by atoms with E-state index in [1.807, 2.05) is 11.8 Å². The van der Waals surface area contributed by atoms with Crippen LogP contribution in [0.1, 0.15) is 52.9 Å². The molecule has 0 radical (unpaired) electrons. The van der Waals surface area contributed by atoms with Crippen molar-refractivity contribution in [3.05, 3.63) is 0 Å². The first-order chi connectivity index (χ1) is 8.08. The van der Waals surface area contributed by atoms with Gasteiger partial charge in [-0.2, -0.15) is 0 Å². The number of hydrogen-bond donors (Lipinski definition) is 1. The number of aliphatic hydroxyl groups excluding tert-OH is 1. The van der Waals surface area contributed by atoms with Gasteiger partial charge in [0.1, 0.15) is 0 Å². The molecule has 3 unspecified atom stereocenters. The van der Waals surface area contributed by atoms with Crippen LogP contribution in [0.2, 0.25) is 0 Å². The second kappa shape index (κ2) is 7.00. The van der Waals surface area contributed by atoms with Crippen LogP contribution in [0.4, 0.5) is 0 Å². The summed E-state index contributed by atoms with van der Waals surface area (Å²) in [5.41, 5.74) is 0. The zero-order chi connectivity index (χ0) is 12.8. The van der Waals surface area contributed by atoms with Gasteiger partial charge in [0.15, 0.2) is 0 Å². The largest absolute Gasteiger partial charge is 0.391 e. The number of rotatable bonds is 5. The number of nitrogens with zero attached hydrogens (tertiary/aromatic N) is 1. The monoisotopic (exact) mass is 241 g/mol. The molecule has 17 heavy (non-hydrogen) atoms. The normalized spacial score (nSPS) is 25.5. The minimum absolute atomic E-state index is 0.225. The van der Waals surface area contributed by atoms with Gasteiger partial charge in [-0.3, -0.25) is 4.79 Å². The van der Waals surface area contributed by atoms with Gasteiger partial charge in [0, 0.05) is 19.5 Å². The molecule has 100 valence electrons. The first-order valence-electron chi connectivity index (χ1n) is 7.04. The minimum Gasteiger partial charge on any atom is -0.391 e. The molecule has 3 atom stereocenters. The Bertz CT molecular complexity index is 242. The van der Waals surface area contributed by atoms with Gasteiger partial charge in [0.2, 0.25) is 5.91 Å². The summed E-state index contributed by atoms with van der Waals surface area (Å²) in [5, 5.41) is 10.0. The van der Waals surface area contributed by atoms with E-state index in [9.17, 15) is 9.90 Å². The Morgan fingerprint density at radius 3 is 2.71 bits per heavy atom. The summed E-state index contributed by atoms with van der Waals surface area (Å²) in [4.78, 5) is 13.8. The summed E-state index contributed by atoms with van der Waals surface area (Å²) in [6.45, 7) is 7.65. The van der Waals surface area contributed by atoms with Crippen LogP contribution in [0.3, 0.4) is 0 Å². The molecule has 1 heterocycles. The smallest absolute Gasteiger partial charge is 0.222 e. The third kappa shape index (κ3) is 4.30. The molecular weight excluding hydrogens is 214 g/mol. The van der Waals surface area contributed by atoms with E-state index in [0.717, 1.165) is 32.2 Å². The van der Waals surface area contributed by atoms with Crippen LogP contribution in [0.15, 0.2) is 0 Å². The Hall–Kier alpha value is -0.570. The molecule has 1 fully saturated rings. The number of likely N-dealkylation sites (tertiary alicyclic amines) is 1. The summed E-state index contributed by atoms with van der Waals surface area (Å²) in [6, 6.07) is 0. The average molecular weight is 241 g/mol. The lowest BCUT2D eigenvalue weighted by molar-refractivity contribution is -0.132. The van der Waals surface area contributed by atoms with Crippen molar-refractivity contribution in [1.82, 2.24) is 4.90 Å². The summed E-state index contributed by atoms with van der Waals surface area (Å²) in [6.07, 6.45) is 4.52. The van der Waals surface area contributed by atoms with E-state index in [2.05, 4.69) is 13.8 Å². The maximum absolute atomic E-state index is 11.9. The Morgan fingerprint density at radius 1 is 1.41 bits per heavy atom. The second-order valence-electron chi connectivity index (χ2n) is 5.39. The average Bonchev–Trinajstić information content (AvgIpc) is 2.51. The van der Waals surface area contributed by atoms with E-state index in [0.29, 0.717) is 18.9 Å². The topological polar surface area (TPSA) is 40.5 Å². The lowest BCUT2D eigenvalue weighted by atomic mass is 9.98. The van der Waals surface area contributed by atoms with Crippen molar-refractivity contribution < 1.29 is 9.90 Å². The Labute approximate surface area is 105 Å². The highest BCUT2D eigenvalue weighted by atomic mass is 16.3. The first kappa shape index (κ1) is 14.5. The standard InChI is InChI=1S/C14H27NO2/c1-4-11(3)13(16)10-15-9-8-12(5-2)6-7-14(15)17/h11-13,16H,4-10H2,1-3H3. The van der Waals surface area contributed by atoms with Crippen LogP contribution in [0, 0.1) is 11.8 Å². The lowest BCUT2D eigenvalue weighted by Gasteiger charge is -2.26. The van der Waals surface area contributed by atoms with E-state index in [1.165, 1.54) is 0 Å². The maximum Gasteiger partial charge on any atom is 0.222 e. The molecule has 1 rings (SSSR count). The van der Waals surface area contributed by atoms with Crippen molar-refractivity contribution in [2.24, 2.45) is 11.8 Å². The van der Waals surface area contributed by atoms with E-state index >= 15 is 0 Å². The van der Waals surface area contributed by atoms with E-state index in [1.54, 1.807) is 0 Å². The van der Waals surface area contributed by atoms with Crippen molar-refractivity contribution in [2.45, 2.75) is 59.0 Å². The molecule has 1 aliphatic heterocycles. The molecule has 3 heteroatoms. The molecule has 1 saturated heterocycles. The van der Waals surface area contributed by atoms with Gasteiger partial charge in [-0.05, 0) is 24.7 Å². The third-order valence-corrected chi connectivity index (χ3v) is 4.21. The Morgan fingerprint density at radius 2 is 2.12 bits per heavy atom. The molecule has 0 bridgehead atoms. The number of hydrogen-bond acceptors (Lipinski definition) is 2. The van der Waals surface area contributed by atoms with Crippen molar-refractivity contribution >= 4 is 5.91 Å². The third-order valence-electron chi connectivity index (χ3n) is 4.21. The fourth-order valence-corrected chi connectivity index (χ4v) is 2.37. The van der Waals surface area contributed by atoms with E-state index in [-0.39, 0.29) is 17.9 Å². The van der Waals surface area contributed by atoms with Gasteiger partial charge in [-0.15, -0.1) is 0 Å². The Balaban J connectivity index is 2.49.